The normalized spacial score (nSPS) is 24.8. The first kappa shape index (κ1) is 14.9. The minimum Gasteiger partial charge on any atom is -0.468 e. The zero-order chi connectivity index (χ0) is 14.7. The lowest BCUT2D eigenvalue weighted by Gasteiger charge is -2.26. The van der Waals surface area contributed by atoms with Crippen LogP contribution in [0.4, 0.5) is 5.69 Å². The summed E-state index contributed by atoms with van der Waals surface area (Å²) >= 11 is 3.37. The zero-order valence-electron chi connectivity index (χ0n) is 11.4. The van der Waals surface area contributed by atoms with Crippen LogP contribution in [0, 0.1) is 11.8 Å². The minimum absolute atomic E-state index is 0.0714. The van der Waals surface area contributed by atoms with Crippen molar-refractivity contribution in [3.8, 4) is 0 Å². The monoisotopic (exact) mass is 337 g/mol. The summed E-state index contributed by atoms with van der Waals surface area (Å²) in [5.41, 5.74) is 1.64. The highest BCUT2D eigenvalue weighted by Crippen LogP contribution is 2.28. The number of carbonyl (C=O) groups excluding carboxylic acids is 2. The zero-order valence-corrected chi connectivity index (χ0v) is 13.0. The summed E-state index contributed by atoms with van der Waals surface area (Å²) < 4.78 is 5.68. The highest BCUT2D eigenvalue weighted by atomic mass is 79.9. The van der Waals surface area contributed by atoms with Crippen molar-refractivity contribution in [2.45, 2.75) is 19.8 Å². The van der Waals surface area contributed by atoms with Crippen LogP contribution in [0.15, 0.2) is 33.7 Å². The van der Waals surface area contributed by atoms with Crippen LogP contribution >= 0.6 is 15.9 Å². The van der Waals surface area contributed by atoms with Gasteiger partial charge in [-0.2, -0.15) is 0 Å². The van der Waals surface area contributed by atoms with Gasteiger partial charge in [-0.3, -0.25) is 14.6 Å². The second-order valence-electron chi connectivity index (χ2n) is 4.98. The topological polar surface area (TPSA) is 55.7 Å². The Kier molecular flexibility index (Phi) is 4.70. The van der Waals surface area contributed by atoms with Gasteiger partial charge in [0, 0.05) is 16.6 Å². The first-order valence-corrected chi connectivity index (χ1v) is 7.23. The molecule has 0 aliphatic heterocycles. The van der Waals surface area contributed by atoms with Crippen LogP contribution in [0.5, 0.6) is 0 Å². The van der Waals surface area contributed by atoms with Gasteiger partial charge in [0.15, 0.2) is 5.78 Å². The fraction of sp³-hybridized carbons (Fsp3) is 0.400. The van der Waals surface area contributed by atoms with E-state index < -0.39 is 11.9 Å². The molecule has 0 amide bonds. The van der Waals surface area contributed by atoms with Crippen LogP contribution in [0.3, 0.4) is 0 Å². The van der Waals surface area contributed by atoms with Crippen LogP contribution in [-0.4, -0.2) is 24.6 Å². The van der Waals surface area contributed by atoms with Crippen LogP contribution in [-0.2, 0) is 14.3 Å². The van der Waals surface area contributed by atoms with Crippen molar-refractivity contribution in [3.63, 3.8) is 0 Å². The SMILES string of the molecule is COC(=O)C1C(=O)CC(=Nc2ccc(Br)cc2)CC1C. The summed E-state index contributed by atoms with van der Waals surface area (Å²) in [6, 6.07) is 7.59. The van der Waals surface area contributed by atoms with Gasteiger partial charge in [0.25, 0.3) is 0 Å². The molecule has 1 aliphatic rings. The molecule has 0 N–H and O–H groups in total. The number of ketones is 1. The Morgan fingerprint density at radius 2 is 2.00 bits per heavy atom. The average Bonchev–Trinajstić information content (AvgIpc) is 2.40. The summed E-state index contributed by atoms with van der Waals surface area (Å²) in [4.78, 5) is 28.2. The van der Waals surface area contributed by atoms with Gasteiger partial charge in [-0.05, 0) is 36.6 Å². The molecule has 1 saturated carbocycles. The molecule has 0 heterocycles. The van der Waals surface area contributed by atoms with Crippen LogP contribution in [0.1, 0.15) is 19.8 Å². The molecule has 1 aromatic carbocycles. The number of esters is 1. The van der Waals surface area contributed by atoms with Crippen LogP contribution < -0.4 is 0 Å². The standard InChI is InChI=1S/C15H16BrNO3/c1-9-7-12(8-13(18)14(9)15(19)20-2)17-11-5-3-10(16)4-6-11/h3-6,9,14H,7-8H2,1-2H3. The third kappa shape index (κ3) is 3.33. The summed E-state index contributed by atoms with van der Waals surface area (Å²) in [6.45, 7) is 1.88. The third-order valence-electron chi connectivity index (χ3n) is 3.42. The molecule has 2 atom stereocenters. The van der Waals surface area contributed by atoms with Crippen LogP contribution in [0.2, 0.25) is 0 Å². The Morgan fingerprint density at radius 1 is 1.35 bits per heavy atom. The van der Waals surface area contributed by atoms with Gasteiger partial charge in [0.2, 0.25) is 0 Å². The predicted octanol–water partition coefficient (Wildman–Crippen LogP) is 3.31. The maximum atomic E-state index is 12.1. The van der Waals surface area contributed by atoms with Crippen molar-refractivity contribution in [2.75, 3.05) is 7.11 Å². The predicted molar refractivity (Wildman–Crippen MR) is 80.1 cm³/mol. The molecule has 106 valence electrons. The molecule has 4 nitrogen and oxygen atoms in total. The Bertz CT molecular complexity index is 551. The first-order valence-electron chi connectivity index (χ1n) is 6.44. The Labute approximate surface area is 126 Å². The number of Topliss-reactive ketones (excluding diaryl/α,β-unsaturated/α-hetero) is 1. The summed E-state index contributed by atoms with van der Waals surface area (Å²) in [6.07, 6.45) is 0.863. The van der Waals surface area contributed by atoms with E-state index in [0.717, 1.165) is 15.9 Å². The number of carbonyl (C=O) groups is 2. The quantitative estimate of drug-likeness (QED) is 0.614. The van der Waals surface area contributed by atoms with E-state index in [2.05, 4.69) is 20.9 Å². The van der Waals surface area contributed by atoms with E-state index in [1.165, 1.54) is 7.11 Å². The molecule has 1 aliphatic carbocycles. The van der Waals surface area contributed by atoms with E-state index in [1.54, 1.807) is 0 Å². The summed E-state index contributed by atoms with van der Waals surface area (Å²) in [7, 11) is 1.31. The molecular weight excluding hydrogens is 322 g/mol. The lowest BCUT2D eigenvalue weighted by Crippen LogP contribution is -2.37. The third-order valence-corrected chi connectivity index (χ3v) is 3.95. The minimum atomic E-state index is -0.649. The molecule has 0 spiro atoms. The smallest absolute Gasteiger partial charge is 0.316 e. The van der Waals surface area contributed by atoms with E-state index in [9.17, 15) is 9.59 Å². The van der Waals surface area contributed by atoms with Gasteiger partial charge in [0.05, 0.1) is 12.8 Å². The highest BCUT2D eigenvalue weighted by molar-refractivity contribution is 9.10. The Morgan fingerprint density at radius 3 is 2.55 bits per heavy atom. The molecule has 2 unspecified atom stereocenters. The largest absolute Gasteiger partial charge is 0.468 e. The molecule has 0 bridgehead atoms. The molecule has 0 saturated heterocycles. The summed E-state index contributed by atoms with van der Waals surface area (Å²) in [5.74, 6) is -1.27. The van der Waals surface area contributed by atoms with E-state index >= 15 is 0 Å². The van der Waals surface area contributed by atoms with Crippen molar-refractivity contribution in [1.82, 2.24) is 0 Å². The number of halogens is 1. The number of hydrogen-bond donors (Lipinski definition) is 0. The molecule has 20 heavy (non-hydrogen) atoms. The number of hydrogen-bond acceptors (Lipinski definition) is 4. The van der Waals surface area contributed by atoms with E-state index in [4.69, 9.17) is 4.74 Å². The Hall–Kier alpha value is -1.49. The number of nitrogens with zero attached hydrogens (tertiary/aromatic N) is 1. The Balaban J connectivity index is 2.16. The second-order valence-corrected chi connectivity index (χ2v) is 5.90. The van der Waals surface area contributed by atoms with E-state index in [0.29, 0.717) is 6.42 Å². The van der Waals surface area contributed by atoms with Crippen molar-refractivity contribution >= 4 is 39.1 Å². The molecule has 0 aromatic heterocycles. The second kappa shape index (κ2) is 6.31. The molecule has 0 radical (unpaired) electrons. The van der Waals surface area contributed by atoms with Gasteiger partial charge in [-0.25, -0.2) is 0 Å². The molecule has 2 rings (SSSR count). The molecular formula is C15H16BrNO3. The summed E-state index contributed by atoms with van der Waals surface area (Å²) in [5, 5.41) is 0. The molecule has 1 aromatic rings. The molecule has 1 fully saturated rings. The maximum Gasteiger partial charge on any atom is 0.316 e. The van der Waals surface area contributed by atoms with Crippen molar-refractivity contribution in [2.24, 2.45) is 16.8 Å². The fourth-order valence-electron chi connectivity index (χ4n) is 2.46. The van der Waals surface area contributed by atoms with Gasteiger partial charge < -0.3 is 4.74 Å². The number of ether oxygens (including phenoxy) is 1. The number of methoxy groups -OCH3 is 1. The number of rotatable bonds is 2. The van der Waals surface area contributed by atoms with Gasteiger partial charge in [-0.1, -0.05) is 22.9 Å². The number of aliphatic imine (C=N–C) groups is 1. The first-order chi connectivity index (χ1) is 9.51. The highest BCUT2D eigenvalue weighted by Gasteiger charge is 2.38. The average molecular weight is 338 g/mol. The van der Waals surface area contributed by atoms with Gasteiger partial charge in [-0.15, -0.1) is 0 Å². The lowest BCUT2D eigenvalue weighted by atomic mass is 9.78. The van der Waals surface area contributed by atoms with Crippen molar-refractivity contribution in [3.05, 3.63) is 28.7 Å². The fourth-order valence-corrected chi connectivity index (χ4v) is 2.73. The van der Waals surface area contributed by atoms with E-state index in [-0.39, 0.29) is 18.1 Å². The maximum absolute atomic E-state index is 12.1. The lowest BCUT2D eigenvalue weighted by molar-refractivity contribution is -0.151. The van der Waals surface area contributed by atoms with Crippen molar-refractivity contribution < 1.29 is 14.3 Å². The number of benzene rings is 1. The molecule has 5 heteroatoms. The van der Waals surface area contributed by atoms with Gasteiger partial charge in [0.1, 0.15) is 5.92 Å². The van der Waals surface area contributed by atoms with Crippen molar-refractivity contribution in [1.29, 1.82) is 0 Å². The van der Waals surface area contributed by atoms with Gasteiger partial charge >= 0.3 is 5.97 Å². The van der Waals surface area contributed by atoms with E-state index in [1.807, 2.05) is 31.2 Å². The van der Waals surface area contributed by atoms with Crippen LogP contribution in [0.25, 0.3) is 0 Å².